The van der Waals surface area contributed by atoms with Crippen molar-refractivity contribution in [3.05, 3.63) is 31.1 Å². The number of rotatable bonds is 1. The Kier molecular flexibility index (Phi) is 2.81. The van der Waals surface area contributed by atoms with Gasteiger partial charge in [0.15, 0.2) is 0 Å². The third kappa shape index (κ3) is 1.68. The third-order valence-corrected chi connectivity index (χ3v) is 4.91. The zero-order valence-electron chi connectivity index (χ0n) is 6.75. The molecular formula is C9H4BrIO2S. The summed E-state index contributed by atoms with van der Waals surface area (Å²) in [6.07, 6.45) is 0. The summed E-state index contributed by atoms with van der Waals surface area (Å²) in [5, 5.41) is 9.83. The van der Waals surface area contributed by atoms with Gasteiger partial charge in [-0.1, -0.05) is 15.9 Å². The number of carboxylic acids is 1. The normalized spacial score (nSPS) is 10.7. The first kappa shape index (κ1) is 10.4. The molecule has 1 heterocycles. The van der Waals surface area contributed by atoms with E-state index in [1.165, 1.54) is 11.3 Å². The van der Waals surface area contributed by atoms with Crippen LogP contribution in [0.4, 0.5) is 0 Å². The van der Waals surface area contributed by atoms with E-state index in [9.17, 15) is 4.79 Å². The fourth-order valence-corrected chi connectivity index (χ4v) is 3.47. The van der Waals surface area contributed by atoms with Crippen molar-refractivity contribution in [1.29, 1.82) is 0 Å². The molecule has 14 heavy (non-hydrogen) atoms. The molecule has 1 N–H and O–H groups in total. The lowest BCUT2D eigenvalue weighted by atomic mass is 10.2. The Morgan fingerprint density at radius 2 is 2.21 bits per heavy atom. The maximum absolute atomic E-state index is 10.8. The van der Waals surface area contributed by atoms with Gasteiger partial charge in [0, 0.05) is 18.1 Å². The van der Waals surface area contributed by atoms with E-state index in [2.05, 4.69) is 38.5 Å². The van der Waals surface area contributed by atoms with Gasteiger partial charge in [-0.2, -0.15) is 0 Å². The monoisotopic (exact) mass is 382 g/mol. The zero-order chi connectivity index (χ0) is 10.3. The Balaban J connectivity index is 2.82. The molecule has 0 amide bonds. The van der Waals surface area contributed by atoms with Gasteiger partial charge in [-0.15, -0.1) is 11.3 Å². The summed E-state index contributed by atoms with van der Waals surface area (Å²) in [5.41, 5.74) is 0. The minimum atomic E-state index is -0.867. The van der Waals surface area contributed by atoms with Crippen molar-refractivity contribution in [1.82, 2.24) is 0 Å². The zero-order valence-corrected chi connectivity index (χ0v) is 11.3. The largest absolute Gasteiger partial charge is 0.477 e. The molecule has 0 bridgehead atoms. The second kappa shape index (κ2) is 3.79. The number of carbonyl (C=O) groups is 1. The Labute approximate surface area is 106 Å². The van der Waals surface area contributed by atoms with E-state index in [-0.39, 0.29) is 0 Å². The summed E-state index contributed by atoms with van der Waals surface area (Å²) in [6, 6.07) is 5.60. The van der Waals surface area contributed by atoms with Crippen molar-refractivity contribution in [2.75, 3.05) is 0 Å². The third-order valence-electron chi connectivity index (χ3n) is 1.79. The highest BCUT2D eigenvalue weighted by Crippen LogP contribution is 2.34. The smallest absolute Gasteiger partial charge is 0.345 e. The number of benzene rings is 1. The molecule has 0 aliphatic heterocycles. The predicted molar refractivity (Wildman–Crippen MR) is 69.2 cm³/mol. The van der Waals surface area contributed by atoms with Crippen LogP contribution in [-0.4, -0.2) is 11.1 Å². The van der Waals surface area contributed by atoms with E-state index in [1.807, 2.05) is 12.1 Å². The van der Waals surface area contributed by atoms with Gasteiger partial charge < -0.3 is 5.11 Å². The minimum Gasteiger partial charge on any atom is -0.477 e. The fraction of sp³-hybridized carbons (Fsp3) is 0. The van der Waals surface area contributed by atoms with Crippen molar-refractivity contribution >= 4 is 65.9 Å². The molecule has 0 saturated carbocycles. The molecule has 0 aliphatic rings. The summed E-state index contributed by atoms with van der Waals surface area (Å²) >= 11 is 6.92. The predicted octanol–water partition coefficient (Wildman–Crippen LogP) is 3.97. The van der Waals surface area contributed by atoms with Gasteiger partial charge in [-0.25, -0.2) is 4.79 Å². The molecule has 0 unspecified atom stereocenters. The molecule has 2 aromatic rings. The number of hydrogen-bond acceptors (Lipinski definition) is 2. The highest BCUT2D eigenvalue weighted by atomic mass is 127. The van der Waals surface area contributed by atoms with Gasteiger partial charge in [-0.05, 0) is 40.8 Å². The van der Waals surface area contributed by atoms with Crippen LogP contribution in [-0.2, 0) is 0 Å². The average molecular weight is 383 g/mol. The Morgan fingerprint density at radius 1 is 1.50 bits per heavy atom. The van der Waals surface area contributed by atoms with Gasteiger partial charge >= 0.3 is 5.97 Å². The van der Waals surface area contributed by atoms with Crippen molar-refractivity contribution in [2.45, 2.75) is 0 Å². The molecule has 1 aromatic carbocycles. The van der Waals surface area contributed by atoms with Gasteiger partial charge in [0.2, 0.25) is 0 Å². The van der Waals surface area contributed by atoms with E-state index < -0.39 is 5.97 Å². The highest BCUT2D eigenvalue weighted by Gasteiger charge is 2.12. The van der Waals surface area contributed by atoms with E-state index in [1.54, 1.807) is 6.07 Å². The topological polar surface area (TPSA) is 37.3 Å². The molecule has 0 spiro atoms. The van der Waals surface area contributed by atoms with E-state index in [4.69, 9.17) is 5.11 Å². The Hall–Kier alpha value is -0.140. The van der Waals surface area contributed by atoms with Crippen molar-refractivity contribution in [3.63, 3.8) is 0 Å². The second-order valence-corrected chi connectivity index (χ2v) is 5.76. The van der Waals surface area contributed by atoms with Crippen LogP contribution in [0.15, 0.2) is 22.7 Å². The van der Waals surface area contributed by atoms with E-state index >= 15 is 0 Å². The van der Waals surface area contributed by atoms with Gasteiger partial charge in [0.1, 0.15) is 4.88 Å². The van der Waals surface area contributed by atoms with Crippen LogP contribution in [0.1, 0.15) is 9.67 Å². The first-order valence-electron chi connectivity index (χ1n) is 3.70. The van der Waals surface area contributed by atoms with E-state index in [0.717, 1.165) is 18.1 Å². The summed E-state index contributed by atoms with van der Waals surface area (Å²) in [7, 11) is 0. The maximum atomic E-state index is 10.8. The van der Waals surface area contributed by atoms with Crippen LogP contribution >= 0.6 is 49.9 Å². The minimum absolute atomic E-state index is 0.379. The standard InChI is InChI=1S/C9H4BrIO2S/c10-5-1-2-6(11)8-4(5)3-7(14-8)9(12)13/h1-3H,(H,12,13). The number of aromatic carboxylic acids is 1. The lowest BCUT2D eigenvalue weighted by Crippen LogP contribution is -1.89. The van der Waals surface area contributed by atoms with Crippen LogP contribution in [0.25, 0.3) is 10.1 Å². The number of thiophene rings is 1. The lowest BCUT2D eigenvalue weighted by molar-refractivity contribution is 0.0702. The molecule has 0 atom stereocenters. The van der Waals surface area contributed by atoms with Crippen LogP contribution in [0, 0.1) is 3.57 Å². The number of fused-ring (bicyclic) bond motifs is 1. The summed E-state index contributed by atoms with van der Waals surface area (Å²) in [6.45, 7) is 0. The Bertz CT molecular complexity index is 482. The second-order valence-electron chi connectivity index (χ2n) is 2.69. The molecule has 5 heteroatoms. The molecule has 2 rings (SSSR count). The molecule has 2 nitrogen and oxygen atoms in total. The van der Waals surface area contributed by atoms with Crippen LogP contribution in [0.3, 0.4) is 0 Å². The molecule has 1 aromatic heterocycles. The first-order valence-corrected chi connectivity index (χ1v) is 6.39. The van der Waals surface area contributed by atoms with Gasteiger partial charge in [-0.3, -0.25) is 0 Å². The molecule has 0 aliphatic carbocycles. The Morgan fingerprint density at radius 3 is 2.79 bits per heavy atom. The molecule has 72 valence electrons. The summed E-state index contributed by atoms with van der Waals surface area (Å²) in [4.78, 5) is 11.2. The number of halogens is 2. The van der Waals surface area contributed by atoms with E-state index in [0.29, 0.717) is 4.88 Å². The van der Waals surface area contributed by atoms with Crippen molar-refractivity contribution in [3.8, 4) is 0 Å². The summed E-state index contributed by atoms with van der Waals surface area (Å²) < 4.78 is 3.05. The number of hydrogen-bond donors (Lipinski definition) is 1. The van der Waals surface area contributed by atoms with Gasteiger partial charge in [0.25, 0.3) is 0 Å². The van der Waals surface area contributed by atoms with Crippen LogP contribution < -0.4 is 0 Å². The summed E-state index contributed by atoms with van der Waals surface area (Å²) in [5.74, 6) is -0.867. The fourth-order valence-electron chi connectivity index (χ4n) is 1.16. The molecular weight excluding hydrogens is 379 g/mol. The van der Waals surface area contributed by atoms with Crippen LogP contribution in [0.5, 0.6) is 0 Å². The number of carboxylic acid groups (broad SMARTS) is 1. The highest BCUT2D eigenvalue weighted by molar-refractivity contribution is 14.1. The lowest BCUT2D eigenvalue weighted by Gasteiger charge is -1.94. The quantitative estimate of drug-likeness (QED) is 0.758. The SMILES string of the molecule is O=C(O)c1cc2c(Br)ccc(I)c2s1. The van der Waals surface area contributed by atoms with Gasteiger partial charge in [0.05, 0.1) is 0 Å². The molecule has 0 saturated heterocycles. The molecule has 0 radical (unpaired) electrons. The average Bonchev–Trinajstić information content (AvgIpc) is 2.57. The van der Waals surface area contributed by atoms with Crippen molar-refractivity contribution < 1.29 is 9.90 Å². The van der Waals surface area contributed by atoms with Crippen molar-refractivity contribution in [2.24, 2.45) is 0 Å². The molecule has 0 fully saturated rings. The first-order chi connectivity index (χ1) is 6.59. The maximum Gasteiger partial charge on any atom is 0.345 e. The van der Waals surface area contributed by atoms with Crippen LogP contribution in [0.2, 0.25) is 0 Å².